The quantitative estimate of drug-likeness (QED) is 0.483. The molecule has 1 aromatic rings. The maximum absolute atomic E-state index is 11.3. The van der Waals surface area contributed by atoms with E-state index in [1.165, 1.54) is 0 Å². The van der Waals surface area contributed by atoms with E-state index >= 15 is 0 Å². The second-order valence-electron chi connectivity index (χ2n) is 3.50. The van der Waals surface area contributed by atoms with Crippen LogP contribution in [0.5, 0.6) is 5.75 Å². The van der Waals surface area contributed by atoms with E-state index in [1.54, 1.807) is 24.3 Å². The van der Waals surface area contributed by atoms with Gasteiger partial charge in [-0.25, -0.2) is 0 Å². The molecule has 1 rings (SSSR count). The van der Waals surface area contributed by atoms with Gasteiger partial charge in [0.05, 0.1) is 12.7 Å². The van der Waals surface area contributed by atoms with Crippen LogP contribution in [0.3, 0.4) is 0 Å². The molecule has 17 heavy (non-hydrogen) atoms. The zero-order valence-electron chi connectivity index (χ0n) is 9.30. The fraction of sp³-hybridized carbons (Fsp3) is 0.364. The molecule has 0 radical (unpaired) electrons. The fourth-order valence-electron chi connectivity index (χ4n) is 1.06. The maximum atomic E-state index is 11.3. The predicted molar refractivity (Wildman–Crippen MR) is 62.5 cm³/mol. The number of carbonyl (C=O) groups is 1. The van der Waals surface area contributed by atoms with E-state index in [0.29, 0.717) is 11.4 Å². The van der Waals surface area contributed by atoms with Crippen LogP contribution in [0, 0.1) is 0 Å². The Bertz CT molecular complexity index is 353. The van der Waals surface area contributed by atoms with E-state index in [1.807, 2.05) is 0 Å². The van der Waals surface area contributed by atoms with Gasteiger partial charge in [-0.1, -0.05) is 0 Å². The number of nitrogens with one attached hydrogen (secondary N) is 1. The number of benzene rings is 1. The number of hydrogen-bond acceptors (Lipinski definition) is 5. The van der Waals surface area contributed by atoms with Gasteiger partial charge < -0.3 is 26.0 Å². The van der Waals surface area contributed by atoms with E-state index in [2.05, 4.69) is 5.32 Å². The Kier molecular flexibility index (Phi) is 5.25. The van der Waals surface area contributed by atoms with E-state index in [4.69, 9.17) is 20.7 Å². The molecule has 0 aliphatic rings. The summed E-state index contributed by atoms with van der Waals surface area (Å²) in [6, 6.07) is 6.65. The number of rotatable bonds is 6. The zero-order chi connectivity index (χ0) is 12.7. The molecule has 0 spiro atoms. The van der Waals surface area contributed by atoms with Crippen LogP contribution in [-0.4, -0.2) is 42.0 Å². The van der Waals surface area contributed by atoms with Crippen molar-refractivity contribution in [1.82, 2.24) is 5.32 Å². The summed E-state index contributed by atoms with van der Waals surface area (Å²) < 4.78 is 5.18. The van der Waals surface area contributed by atoms with Gasteiger partial charge in [-0.05, 0) is 24.3 Å². The number of amides is 1. The van der Waals surface area contributed by atoms with Crippen molar-refractivity contribution in [2.24, 2.45) is 0 Å². The van der Waals surface area contributed by atoms with Crippen LogP contribution in [0.15, 0.2) is 24.3 Å². The lowest BCUT2D eigenvalue weighted by Gasteiger charge is -2.10. The summed E-state index contributed by atoms with van der Waals surface area (Å²) in [5.41, 5.74) is 6.11. The van der Waals surface area contributed by atoms with Crippen LogP contribution >= 0.6 is 0 Å². The van der Waals surface area contributed by atoms with Gasteiger partial charge in [-0.2, -0.15) is 0 Å². The first-order valence-corrected chi connectivity index (χ1v) is 5.15. The molecule has 0 aromatic heterocycles. The van der Waals surface area contributed by atoms with E-state index in [-0.39, 0.29) is 25.7 Å². The largest absolute Gasteiger partial charge is 0.484 e. The summed E-state index contributed by atoms with van der Waals surface area (Å²) in [5, 5.41) is 20.0. The summed E-state index contributed by atoms with van der Waals surface area (Å²) >= 11 is 0. The molecule has 1 atom stereocenters. The molecular formula is C11H16N2O4. The number of aliphatic hydroxyl groups excluding tert-OH is 2. The molecule has 0 bridgehead atoms. The van der Waals surface area contributed by atoms with Crippen molar-refractivity contribution in [3.8, 4) is 5.75 Å². The number of carbonyl (C=O) groups excluding carboxylic acids is 1. The molecule has 0 fully saturated rings. The van der Waals surface area contributed by atoms with Crippen LogP contribution in [0.4, 0.5) is 5.69 Å². The number of ether oxygens (including phenoxy) is 1. The van der Waals surface area contributed by atoms with Gasteiger partial charge in [0.1, 0.15) is 5.75 Å². The second kappa shape index (κ2) is 6.72. The molecule has 1 unspecified atom stereocenters. The van der Waals surface area contributed by atoms with E-state index in [0.717, 1.165) is 0 Å². The van der Waals surface area contributed by atoms with E-state index < -0.39 is 6.10 Å². The molecule has 5 N–H and O–H groups in total. The highest BCUT2D eigenvalue weighted by Crippen LogP contribution is 2.12. The van der Waals surface area contributed by atoms with Gasteiger partial charge in [0.15, 0.2) is 6.61 Å². The van der Waals surface area contributed by atoms with Crippen LogP contribution in [0.25, 0.3) is 0 Å². The topological polar surface area (TPSA) is 105 Å². The summed E-state index contributed by atoms with van der Waals surface area (Å²) in [6.07, 6.45) is -0.949. The van der Waals surface area contributed by atoms with Gasteiger partial charge in [0, 0.05) is 12.2 Å². The standard InChI is InChI=1S/C11H16N2O4/c12-8-1-3-10(4-2-8)17-7-11(16)13-5-9(15)6-14/h1-4,9,14-15H,5-7,12H2,(H,13,16). The van der Waals surface area contributed by atoms with Crippen molar-refractivity contribution >= 4 is 11.6 Å². The van der Waals surface area contributed by atoms with Crippen LogP contribution < -0.4 is 15.8 Å². The van der Waals surface area contributed by atoms with Gasteiger partial charge in [-0.3, -0.25) is 4.79 Å². The Morgan fingerprint density at radius 1 is 1.41 bits per heavy atom. The smallest absolute Gasteiger partial charge is 0.258 e. The second-order valence-corrected chi connectivity index (χ2v) is 3.50. The third-order valence-electron chi connectivity index (χ3n) is 2.00. The molecule has 94 valence electrons. The van der Waals surface area contributed by atoms with Crippen molar-refractivity contribution in [2.45, 2.75) is 6.10 Å². The van der Waals surface area contributed by atoms with Crippen LogP contribution in [0.2, 0.25) is 0 Å². The zero-order valence-corrected chi connectivity index (χ0v) is 9.30. The molecule has 0 heterocycles. The molecule has 0 aliphatic carbocycles. The minimum Gasteiger partial charge on any atom is -0.484 e. The molecule has 0 saturated carbocycles. The Labute approximate surface area is 99.0 Å². The third-order valence-corrected chi connectivity index (χ3v) is 2.00. The van der Waals surface area contributed by atoms with Crippen LogP contribution in [-0.2, 0) is 4.79 Å². The molecule has 0 saturated heterocycles. The molecule has 6 nitrogen and oxygen atoms in total. The van der Waals surface area contributed by atoms with Gasteiger partial charge in [0.25, 0.3) is 5.91 Å². The number of nitrogen functional groups attached to an aromatic ring is 1. The molecule has 6 heteroatoms. The average Bonchev–Trinajstić information content (AvgIpc) is 2.35. The lowest BCUT2D eigenvalue weighted by Crippen LogP contribution is -2.36. The maximum Gasteiger partial charge on any atom is 0.258 e. The summed E-state index contributed by atoms with van der Waals surface area (Å²) in [4.78, 5) is 11.3. The van der Waals surface area contributed by atoms with Crippen molar-refractivity contribution in [1.29, 1.82) is 0 Å². The SMILES string of the molecule is Nc1ccc(OCC(=O)NCC(O)CO)cc1. The molecule has 1 amide bonds. The highest BCUT2D eigenvalue weighted by molar-refractivity contribution is 5.77. The Morgan fingerprint density at radius 2 is 2.06 bits per heavy atom. The lowest BCUT2D eigenvalue weighted by atomic mass is 10.3. The Hall–Kier alpha value is -1.79. The van der Waals surface area contributed by atoms with Crippen molar-refractivity contribution in [3.05, 3.63) is 24.3 Å². The Morgan fingerprint density at radius 3 is 2.65 bits per heavy atom. The van der Waals surface area contributed by atoms with Gasteiger partial charge in [0.2, 0.25) is 0 Å². The molecule has 1 aromatic carbocycles. The highest BCUT2D eigenvalue weighted by Gasteiger charge is 2.06. The first-order chi connectivity index (χ1) is 8.11. The summed E-state index contributed by atoms with van der Waals surface area (Å²) in [6.45, 7) is -0.540. The predicted octanol–water partition coefficient (Wildman–Crippen LogP) is -0.883. The monoisotopic (exact) mass is 240 g/mol. The van der Waals surface area contributed by atoms with Crippen LogP contribution in [0.1, 0.15) is 0 Å². The first kappa shape index (κ1) is 13.3. The fourth-order valence-corrected chi connectivity index (χ4v) is 1.06. The number of anilines is 1. The van der Waals surface area contributed by atoms with Gasteiger partial charge >= 0.3 is 0 Å². The minimum absolute atomic E-state index is 0.000428. The van der Waals surface area contributed by atoms with Crippen molar-refractivity contribution < 1.29 is 19.7 Å². The van der Waals surface area contributed by atoms with Crippen molar-refractivity contribution in [2.75, 3.05) is 25.5 Å². The highest BCUT2D eigenvalue weighted by atomic mass is 16.5. The number of nitrogens with two attached hydrogens (primary N) is 1. The molecular weight excluding hydrogens is 224 g/mol. The normalized spacial score (nSPS) is 11.9. The average molecular weight is 240 g/mol. The Balaban J connectivity index is 2.26. The lowest BCUT2D eigenvalue weighted by molar-refractivity contribution is -0.123. The number of aliphatic hydroxyl groups is 2. The summed E-state index contributed by atoms with van der Waals surface area (Å²) in [5.74, 6) is 0.173. The molecule has 0 aliphatic heterocycles. The van der Waals surface area contributed by atoms with Crippen molar-refractivity contribution in [3.63, 3.8) is 0 Å². The first-order valence-electron chi connectivity index (χ1n) is 5.15. The number of hydrogen-bond donors (Lipinski definition) is 4. The van der Waals surface area contributed by atoms with E-state index in [9.17, 15) is 4.79 Å². The van der Waals surface area contributed by atoms with Gasteiger partial charge in [-0.15, -0.1) is 0 Å². The minimum atomic E-state index is -0.949. The summed E-state index contributed by atoms with van der Waals surface area (Å²) in [7, 11) is 0. The third kappa shape index (κ3) is 5.19.